The predicted molar refractivity (Wildman–Crippen MR) is 115 cm³/mol. The Morgan fingerprint density at radius 3 is 3.00 bits per heavy atom. The molecule has 0 saturated carbocycles. The molecule has 2 aliphatic rings. The summed E-state index contributed by atoms with van der Waals surface area (Å²) in [7, 11) is 0. The van der Waals surface area contributed by atoms with Gasteiger partial charge in [-0.2, -0.15) is 0 Å². The number of nitrogens with one attached hydrogen (secondary N) is 2. The summed E-state index contributed by atoms with van der Waals surface area (Å²) in [6.45, 7) is 5.16. The second kappa shape index (κ2) is 7.06. The van der Waals surface area contributed by atoms with Gasteiger partial charge in [0.05, 0.1) is 5.56 Å². The van der Waals surface area contributed by atoms with Gasteiger partial charge in [0.15, 0.2) is 6.17 Å². The van der Waals surface area contributed by atoms with Crippen LogP contribution in [0.4, 0.5) is 5.00 Å². The minimum Gasteiger partial charge on any atom is -0.457 e. The third-order valence-electron chi connectivity index (χ3n) is 5.38. The number of amides is 1. The number of hydrogen-bond donors (Lipinski definition) is 2. The van der Waals surface area contributed by atoms with E-state index in [2.05, 4.69) is 38.4 Å². The first-order chi connectivity index (χ1) is 13.6. The van der Waals surface area contributed by atoms with Crippen LogP contribution in [0.3, 0.4) is 0 Å². The summed E-state index contributed by atoms with van der Waals surface area (Å²) in [5, 5.41) is 7.50. The van der Waals surface area contributed by atoms with E-state index in [0.29, 0.717) is 5.76 Å². The molecular formula is C21H20BrN3O2S. The standard InChI is InChI=1S/C21H20BrN3O2S/c1-2-25-9-8-14-17(11-25)28-21-18(14)20(26)23-19(24-21)16-7-6-15(27-16)12-4-3-5-13(22)10-12/h3-7,10,19,24H,2,8-9,11H2,1H3,(H,23,26)/t19-/m0/s1. The maximum Gasteiger partial charge on any atom is 0.256 e. The van der Waals surface area contributed by atoms with Crippen molar-refractivity contribution < 1.29 is 9.21 Å². The van der Waals surface area contributed by atoms with Crippen molar-refractivity contribution in [1.29, 1.82) is 0 Å². The molecule has 3 aromatic rings. The summed E-state index contributed by atoms with van der Waals surface area (Å²) in [5.41, 5.74) is 3.03. The van der Waals surface area contributed by atoms with Crippen LogP contribution >= 0.6 is 27.3 Å². The fraction of sp³-hybridized carbons (Fsp3) is 0.286. The number of benzene rings is 1. The lowest BCUT2D eigenvalue weighted by atomic mass is 10.0. The summed E-state index contributed by atoms with van der Waals surface area (Å²) in [4.78, 5) is 16.6. The van der Waals surface area contributed by atoms with E-state index in [1.165, 1.54) is 10.4 Å². The fourth-order valence-corrected chi connectivity index (χ4v) is 5.60. The van der Waals surface area contributed by atoms with Crippen molar-refractivity contribution in [3.05, 3.63) is 62.6 Å². The van der Waals surface area contributed by atoms with Crippen molar-refractivity contribution >= 4 is 38.2 Å². The maximum absolute atomic E-state index is 12.9. The molecule has 0 unspecified atom stereocenters. The van der Waals surface area contributed by atoms with Crippen molar-refractivity contribution in [3.8, 4) is 11.3 Å². The molecule has 0 aliphatic carbocycles. The molecule has 2 aromatic heterocycles. The Labute approximate surface area is 175 Å². The van der Waals surface area contributed by atoms with Crippen LogP contribution < -0.4 is 10.6 Å². The van der Waals surface area contributed by atoms with Gasteiger partial charge in [-0.25, -0.2) is 0 Å². The van der Waals surface area contributed by atoms with E-state index in [9.17, 15) is 4.79 Å². The van der Waals surface area contributed by atoms with Crippen molar-refractivity contribution in [1.82, 2.24) is 10.2 Å². The normalized spacial score (nSPS) is 18.9. The molecule has 7 heteroatoms. The summed E-state index contributed by atoms with van der Waals surface area (Å²) in [6.07, 6.45) is 0.575. The lowest BCUT2D eigenvalue weighted by Crippen LogP contribution is -2.38. The molecule has 0 radical (unpaired) electrons. The highest BCUT2D eigenvalue weighted by molar-refractivity contribution is 9.10. The predicted octanol–water partition coefficient (Wildman–Crippen LogP) is 5.00. The number of anilines is 1. The lowest BCUT2D eigenvalue weighted by molar-refractivity contribution is 0.0930. The fourth-order valence-electron chi connectivity index (χ4n) is 3.89. The van der Waals surface area contributed by atoms with Crippen LogP contribution in [0.15, 0.2) is 45.3 Å². The van der Waals surface area contributed by atoms with Crippen LogP contribution in [0.1, 0.15) is 39.6 Å². The lowest BCUT2D eigenvalue weighted by Gasteiger charge is -2.27. The minimum absolute atomic E-state index is 0.0124. The number of furan rings is 1. The number of fused-ring (bicyclic) bond motifs is 3. The van der Waals surface area contributed by atoms with Crippen molar-refractivity contribution in [3.63, 3.8) is 0 Å². The van der Waals surface area contributed by atoms with Gasteiger partial charge in [-0.3, -0.25) is 9.69 Å². The number of hydrogen-bond acceptors (Lipinski definition) is 5. The Kier molecular flexibility index (Phi) is 4.53. The van der Waals surface area contributed by atoms with Crippen LogP contribution in [0.2, 0.25) is 0 Å². The minimum atomic E-state index is -0.358. The van der Waals surface area contributed by atoms with Gasteiger partial charge in [0.2, 0.25) is 0 Å². The Balaban J connectivity index is 1.43. The zero-order chi connectivity index (χ0) is 19.3. The Morgan fingerprint density at radius 2 is 2.18 bits per heavy atom. The molecule has 2 aliphatic heterocycles. The smallest absolute Gasteiger partial charge is 0.256 e. The number of carbonyl (C=O) groups is 1. The molecule has 144 valence electrons. The summed E-state index contributed by atoms with van der Waals surface area (Å²) < 4.78 is 7.06. The molecule has 2 N–H and O–H groups in total. The summed E-state index contributed by atoms with van der Waals surface area (Å²) in [5.74, 6) is 1.47. The molecule has 1 aromatic carbocycles. The van der Waals surface area contributed by atoms with Gasteiger partial charge >= 0.3 is 0 Å². The Hall–Kier alpha value is -2.09. The van der Waals surface area contributed by atoms with Gasteiger partial charge < -0.3 is 15.1 Å². The number of carbonyl (C=O) groups excluding carboxylic acids is 1. The first kappa shape index (κ1) is 18.0. The number of nitrogens with zero attached hydrogens (tertiary/aromatic N) is 1. The summed E-state index contributed by atoms with van der Waals surface area (Å²) >= 11 is 5.20. The molecule has 1 amide bonds. The van der Waals surface area contributed by atoms with E-state index in [0.717, 1.165) is 52.4 Å². The average molecular weight is 458 g/mol. The van der Waals surface area contributed by atoms with Gasteiger partial charge in [0.25, 0.3) is 5.91 Å². The Bertz CT molecular complexity index is 1060. The molecule has 0 bridgehead atoms. The average Bonchev–Trinajstić information content (AvgIpc) is 3.32. The number of thiophene rings is 1. The molecule has 0 spiro atoms. The maximum atomic E-state index is 12.9. The molecule has 0 saturated heterocycles. The van der Waals surface area contributed by atoms with Gasteiger partial charge in [-0.1, -0.05) is 35.0 Å². The van der Waals surface area contributed by atoms with Crippen molar-refractivity contribution in [2.45, 2.75) is 26.1 Å². The molecule has 5 nitrogen and oxygen atoms in total. The van der Waals surface area contributed by atoms with E-state index in [4.69, 9.17) is 4.42 Å². The molecule has 0 fully saturated rings. The van der Waals surface area contributed by atoms with E-state index in [1.807, 2.05) is 36.4 Å². The number of likely N-dealkylation sites (N-methyl/N-ethyl adjacent to an activating group) is 1. The number of rotatable bonds is 3. The van der Waals surface area contributed by atoms with Crippen LogP contribution in [-0.2, 0) is 13.0 Å². The van der Waals surface area contributed by atoms with Crippen LogP contribution in [0.25, 0.3) is 11.3 Å². The van der Waals surface area contributed by atoms with E-state index < -0.39 is 0 Å². The topological polar surface area (TPSA) is 57.5 Å². The molecule has 1 atom stereocenters. The Morgan fingerprint density at radius 1 is 1.29 bits per heavy atom. The van der Waals surface area contributed by atoms with Crippen molar-refractivity contribution in [2.75, 3.05) is 18.4 Å². The largest absolute Gasteiger partial charge is 0.457 e. The molecule has 5 rings (SSSR count). The van der Waals surface area contributed by atoms with Crippen LogP contribution in [0, 0.1) is 0 Å². The van der Waals surface area contributed by atoms with Crippen LogP contribution in [0.5, 0.6) is 0 Å². The van der Waals surface area contributed by atoms with E-state index in [-0.39, 0.29) is 12.1 Å². The second-order valence-electron chi connectivity index (χ2n) is 7.09. The van der Waals surface area contributed by atoms with E-state index in [1.54, 1.807) is 11.3 Å². The summed E-state index contributed by atoms with van der Waals surface area (Å²) in [6, 6.07) is 11.8. The van der Waals surface area contributed by atoms with Gasteiger partial charge in [-0.05, 0) is 42.8 Å². The first-order valence-electron chi connectivity index (χ1n) is 9.42. The first-order valence-corrected chi connectivity index (χ1v) is 11.0. The second-order valence-corrected chi connectivity index (χ2v) is 9.11. The van der Waals surface area contributed by atoms with Gasteiger partial charge in [0.1, 0.15) is 16.5 Å². The quantitative estimate of drug-likeness (QED) is 0.580. The third kappa shape index (κ3) is 3.07. The van der Waals surface area contributed by atoms with Gasteiger partial charge in [0, 0.05) is 28.0 Å². The van der Waals surface area contributed by atoms with Gasteiger partial charge in [-0.15, -0.1) is 11.3 Å². The van der Waals surface area contributed by atoms with E-state index >= 15 is 0 Å². The molecule has 4 heterocycles. The highest BCUT2D eigenvalue weighted by atomic mass is 79.9. The monoisotopic (exact) mass is 457 g/mol. The zero-order valence-corrected chi connectivity index (χ0v) is 17.8. The number of halogens is 1. The molecular weight excluding hydrogens is 438 g/mol. The molecule has 28 heavy (non-hydrogen) atoms. The van der Waals surface area contributed by atoms with Crippen LogP contribution in [-0.4, -0.2) is 23.9 Å². The third-order valence-corrected chi connectivity index (χ3v) is 7.02. The highest BCUT2D eigenvalue weighted by Crippen LogP contribution is 2.41. The SMILES string of the molecule is CCN1CCc2c(sc3c2C(=O)N[C@H](c2ccc(-c4cccc(Br)c4)o2)N3)C1. The highest BCUT2D eigenvalue weighted by Gasteiger charge is 2.34. The van der Waals surface area contributed by atoms with Crippen molar-refractivity contribution in [2.24, 2.45) is 0 Å². The zero-order valence-electron chi connectivity index (χ0n) is 15.4.